The summed E-state index contributed by atoms with van der Waals surface area (Å²) in [6, 6.07) is 10.2. The highest BCUT2D eigenvalue weighted by Crippen LogP contribution is 2.58. The first-order valence-electron chi connectivity index (χ1n) is 11.5. The number of hydrogen-bond donors (Lipinski definition) is 2. The lowest BCUT2D eigenvalue weighted by molar-refractivity contribution is -0.138. The summed E-state index contributed by atoms with van der Waals surface area (Å²) in [4.78, 5) is 43.1. The number of anilines is 2. The van der Waals surface area contributed by atoms with E-state index in [0.717, 1.165) is 0 Å². The van der Waals surface area contributed by atoms with E-state index < -0.39 is 22.7 Å². The first-order valence-corrected chi connectivity index (χ1v) is 12.2. The van der Waals surface area contributed by atoms with Crippen molar-refractivity contribution < 1.29 is 19.1 Å². The zero-order valence-corrected chi connectivity index (χ0v) is 21.8. The number of nitrogens with one attached hydrogen (secondary N) is 1. The molecule has 3 aliphatic rings. The number of nitrogens with two attached hydrogens (primary N) is 1. The van der Waals surface area contributed by atoms with Crippen LogP contribution in [0.25, 0.3) is 0 Å². The quantitative estimate of drug-likeness (QED) is 0.535. The Morgan fingerprint density at radius 2 is 1.86 bits per heavy atom. The number of methoxy groups -OCH3 is 1. The molecular formula is C27H25Cl2N3O4. The van der Waals surface area contributed by atoms with Gasteiger partial charge in [0.05, 0.1) is 12.8 Å². The third kappa shape index (κ3) is 3.22. The van der Waals surface area contributed by atoms with Crippen molar-refractivity contribution in [2.75, 3.05) is 17.3 Å². The molecule has 2 aromatic carbocycles. The zero-order chi connectivity index (χ0) is 26.2. The van der Waals surface area contributed by atoms with Gasteiger partial charge < -0.3 is 15.8 Å². The average molecular weight is 526 g/mol. The van der Waals surface area contributed by atoms with Gasteiger partial charge in [-0.3, -0.25) is 14.5 Å². The van der Waals surface area contributed by atoms with Gasteiger partial charge in [0.25, 0.3) is 0 Å². The molecule has 36 heavy (non-hydrogen) atoms. The van der Waals surface area contributed by atoms with E-state index in [1.165, 1.54) is 7.11 Å². The fourth-order valence-corrected chi connectivity index (χ4v) is 6.06. The van der Waals surface area contributed by atoms with Crippen molar-refractivity contribution in [3.05, 3.63) is 80.2 Å². The van der Waals surface area contributed by atoms with Crippen LogP contribution in [0.1, 0.15) is 37.8 Å². The number of ether oxygens (including phenoxy) is 1. The predicted octanol–water partition coefficient (Wildman–Crippen LogP) is 5.00. The Balaban J connectivity index is 1.96. The number of benzene rings is 2. The highest BCUT2D eigenvalue weighted by Gasteiger charge is 2.63. The molecular weight excluding hydrogens is 501 g/mol. The van der Waals surface area contributed by atoms with E-state index in [0.29, 0.717) is 44.7 Å². The van der Waals surface area contributed by atoms with E-state index >= 15 is 0 Å². The Bertz CT molecular complexity index is 1440. The highest BCUT2D eigenvalue weighted by atomic mass is 35.5. The summed E-state index contributed by atoms with van der Waals surface area (Å²) < 4.78 is 5.16. The summed E-state index contributed by atoms with van der Waals surface area (Å²) in [7, 11) is 1.22. The molecule has 0 aromatic heterocycles. The van der Waals surface area contributed by atoms with Crippen molar-refractivity contribution in [2.24, 2.45) is 11.1 Å². The van der Waals surface area contributed by atoms with E-state index in [9.17, 15) is 14.4 Å². The van der Waals surface area contributed by atoms with Crippen LogP contribution in [0.3, 0.4) is 0 Å². The molecule has 186 valence electrons. The molecule has 9 heteroatoms. The van der Waals surface area contributed by atoms with Crippen molar-refractivity contribution in [3.63, 3.8) is 0 Å². The highest BCUT2D eigenvalue weighted by molar-refractivity contribution is 6.32. The summed E-state index contributed by atoms with van der Waals surface area (Å²) >= 11 is 12.8. The molecule has 2 aromatic rings. The number of carbonyl (C=O) groups excluding carboxylic acids is 3. The standard InChI is InChI=1S/C27H25Cl2N3O4/c1-13-16(29)6-5-7-18(13)32-19-11-26(2,3)12-20(33)21(19)27(22(23(32)30)24(34)36-4)15-10-14(28)8-9-17(15)31-25(27)35/h5-10H,11-12,30H2,1-4H3,(H,31,35). The third-order valence-corrected chi connectivity index (χ3v) is 7.86. The number of halogens is 2. The second-order valence-electron chi connectivity index (χ2n) is 10.1. The molecule has 0 saturated carbocycles. The van der Waals surface area contributed by atoms with Gasteiger partial charge in [-0.05, 0) is 54.7 Å². The van der Waals surface area contributed by atoms with Gasteiger partial charge in [0.15, 0.2) is 5.78 Å². The lowest BCUT2D eigenvalue weighted by Gasteiger charge is -2.47. The lowest BCUT2D eigenvalue weighted by atomic mass is 9.60. The van der Waals surface area contributed by atoms with Crippen molar-refractivity contribution in [2.45, 2.75) is 39.0 Å². The monoisotopic (exact) mass is 525 g/mol. The number of allylic oxidation sites excluding steroid dienone is 1. The van der Waals surface area contributed by atoms with Crippen molar-refractivity contribution >= 4 is 52.2 Å². The number of rotatable bonds is 2. The van der Waals surface area contributed by atoms with E-state index in [1.807, 2.05) is 26.8 Å². The largest absolute Gasteiger partial charge is 0.466 e. The Labute approximate surface area is 218 Å². The normalized spacial score (nSPS) is 22.6. The number of Topliss-reactive ketones (excluding diaryl/α,β-unsaturated/α-hetero) is 1. The fraction of sp³-hybridized carbons (Fsp3) is 0.296. The molecule has 3 N–H and O–H groups in total. The van der Waals surface area contributed by atoms with Crippen LogP contribution in [0.4, 0.5) is 11.4 Å². The van der Waals surface area contributed by atoms with Crippen molar-refractivity contribution in [3.8, 4) is 0 Å². The number of fused-ring (bicyclic) bond motifs is 3. The Morgan fingerprint density at radius 1 is 1.14 bits per heavy atom. The van der Waals surface area contributed by atoms with Gasteiger partial charge in [-0.1, -0.05) is 43.1 Å². The molecule has 0 bridgehead atoms. The van der Waals surface area contributed by atoms with Crippen LogP contribution in [-0.4, -0.2) is 24.8 Å². The maximum atomic E-state index is 14.0. The van der Waals surface area contributed by atoms with Gasteiger partial charge in [0.1, 0.15) is 16.8 Å². The van der Waals surface area contributed by atoms with Crippen LogP contribution >= 0.6 is 23.2 Å². The SMILES string of the molecule is COC(=O)C1=C(N)N(c2cccc(Cl)c2C)C2=C(C(=O)CC(C)(C)C2)C12C(=O)Nc1ccc(Cl)cc12. The second-order valence-corrected chi connectivity index (χ2v) is 11.0. The minimum Gasteiger partial charge on any atom is -0.466 e. The van der Waals surface area contributed by atoms with E-state index in [4.69, 9.17) is 33.7 Å². The van der Waals surface area contributed by atoms with Gasteiger partial charge in [-0.15, -0.1) is 0 Å². The molecule has 1 aliphatic carbocycles. The van der Waals surface area contributed by atoms with Gasteiger partial charge in [-0.25, -0.2) is 4.79 Å². The summed E-state index contributed by atoms with van der Waals surface area (Å²) in [6.07, 6.45) is 0.619. The van der Waals surface area contributed by atoms with E-state index in [2.05, 4.69) is 5.32 Å². The van der Waals surface area contributed by atoms with Crippen LogP contribution in [0.5, 0.6) is 0 Å². The van der Waals surface area contributed by atoms with Gasteiger partial charge in [-0.2, -0.15) is 0 Å². The maximum Gasteiger partial charge on any atom is 0.339 e. The van der Waals surface area contributed by atoms with Crippen molar-refractivity contribution in [1.82, 2.24) is 0 Å². The molecule has 7 nitrogen and oxygen atoms in total. The number of carbonyl (C=O) groups is 3. The molecule has 1 spiro atoms. The van der Waals surface area contributed by atoms with Gasteiger partial charge in [0.2, 0.25) is 5.91 Å². The Kier molecular flexibility index (Phi) is 5.50. The van der Waals surface area contributed by atoms with Crippen LogP contribution < -0.4 is 16.0 Å². The molecule has 2 aliphatic heterocycles. The summed E-state index contributed by atoms with van der Waals surface area (Å²) in [5, 5.41) is 3.70. The number of hydrogen-bond acceptors (Lipinski definition) is 6. The minimum absolute atomic E-state index is 0.000517. The smallest absolute Gasteiger partial charge is 0.339 e. The topological polar surface area (TPSA) is 102 Å². The molecule has 0 fully saturated rings. The fourth-order valence-electron chi connectivity index (χ4n) is 5.72. The lowest BCUT2D eigenvalue weighted by Crippen LogP contribution is -2.54. The minimum atomic E-state index is -1.80. The summed E-state index contributed by atoms with van der Waals surface area (Å²) in [6.45, 7) is 5.81. The maximum absolute atomic E-state index is 14.0. The second kappa shape index (κ2) is 8.11. The molecule has 1 unspecified atom stereocenters. The molecule has 0 radical (unpaired) electrons. The predicted molar refractivity (Wildman–Crippen MR) is 139 cm³/mol. The Hall–Kier alpha value is -3.29. The van der Waals surface area contributed by atoms with E-state index in [-0.39, 0.29) is 29.2 Å². The van der Waals surface area contributed by atoms with Crippen LogP contribution in [0, 0.1) is 12.3 Å². The third-order valence-electron chi connectivity index (χ3n) is 7.21. The molecule has 0 saturated heterocycles. The van der Waals surface area contributed by atoms with Gasteiger partial charge in [0, 0.05) is 39.0 Å². The number of amides is 1. The summed E-state index contributed by atoms with van der Waals surface area (Å²) in [5.74, 6) is -1.61. The number of esters is 1. The van der Waals surface area contributed by atoms with Crippen LogP contribution in [0.2, 0.25) is 10.0 Å². The number of nitrogens with zero attached hydrogens (tertiary/aromatic N) is 1. The van der Waals surface area contributed by atoms with E-state index in [1.54, 1.807) is 35.2 Å². The van der Waals surface area contributed by atoms with Crippen LogP contribution in [0.15, 0.2) is 59.1 Å². The summed E-state index contributed by atoms with van der Waals surface area (Å²) in [5.41, 5.74) is 7.38. The first-order chi connectivity index (χ1) is 16.9. The molecule has 2 heterocycles. The first kappa shape index (κ1) is 24.4. The number of ketones is 1. The van der Waals surface area contributed by atoms with Crippen LogP contribution in [-0.2, 0) is 24.5 Å². The molecule has 5 rings (SSSR count). The van der Waals surface area contributed by atoms with Gasteiger partial charge >= 0.3 is 5.97 Å². The Morgan fingerprint density at radius 3 is 2.56 bits per heavy atom. The van der Waals surface area contributed by atoms with Crippen molar-refractivity contribution in [1.29, 1.82) is 0 Å². The molecule has 1 amide bonds. The molecule has 1 atom stereocenters. The average Bonchev–Trinajstić information content (AvgIpc) is 3.06. The zero-order valence-electron chi connectivity index (χ0n) is 20.3.